The van der Waals surface area contributed by atoms with E-state index >= 15 is 0 Å². The number of rotatable bonds is 4. The van der Waals surface area contributed by atoms with Gasteiger partial charge in [0.1, 0.15) is 5.69 Å². The zero-order valence-electron chi connectivity index (χ0n) is 12.9. The van der Waals surface area contributed by atoms with Crippen LogP contribution >= 0.6 is 0 Å². The molecule has 0 unspecified atom stereocenters. The number of aromatic nitrogens is 1. The van der Waals surface area contributed by atoms with Crippen molar-refractivity contribution in [1.82, 2.24) is 10.3 Å². The van der Waals surface area contributed by atoms with Gasteiger partial charge < -0.3 is 10.6 Å². The smallest absolute Gasteiger partial charge is 0.349 e. The zero-order chi connectivity index (χ0) is 18.0. The lowest BCUT2D eigenvalue weighted by atomic mass is 10.1. The third-order valence-electron chi connectivity index (χ3n) is 3.62. The fraction of sp³-hybridized carbons (Fsp3) is 0.235. The van der Waals surface area contributed by atoms with Crippen molar-refractivity contribution in [2.45, 2.75) is 25.1 Å². The van der Waals surface area contributed by atoms with E-state index in [9.17, 15) is 22.8 Å². The van der Waals surface area contributed by atoms with E-state index in [1.165, 1.54) is 30.5 Å². The average Bonchev–Trinajstić information content (AvgIpc) is 3.38. The molecule has 1 aromatic heterocycles. The molecule has 2 N–H and O–H groups in total. The predicted molar refractivity (Wildman–Crippen MR) is 84.1 cm³/mol. The van der Waals surface area contributed by atoms with Gasteiger partial charge >= 0.3 is 6.18 Å². The van der Waals surface area contributed by atoms with E-state index in [1.807, 2.05) is 0 Å². The molecule has 1 aliphatic rings. The molecular weight excluding hydrogens is 335 g/mol. The molecule has 0 saturated heterocycles. The Balaban J connectivity index is 1.74. The van der Waals surface area contributed by atoms with Crippen LogP contribution in [0.3, 0.4) is 0 Å². The highest BCUT2D eigenvalue weighted by Gasteiger charge is 2.30. The number of anilines is 1. The molecule has 0 spiro atoms. The van der Waals surface area contributed by atoms with Crippen LogP contribution in [-0.4, -0.2) is 22.8 Å². The second kappa shape index (κ2) is 6.54. The summed E-state index contributed by atoms with van der Waals surface area (Å²) in [5.41, 5.74) is -0.651. The summed E-state index contributed by atoms with van der Waals surface area (Å²) in [5.74, 6) is -1.00. The monoisotopic (exact) mass is 349 g/mol. The van der Waals surface area contributed by atoms with Crippen molar-refractivity contribution in [3.8, 4) is 0 Å². The van der Waals surface area contributed by atoms with Gasteiger partial charge in [-0.1, -0.05) is 6.07 Å². The number of carbonyl (C=O) groups excluding carboxylic acids is 2. The number of nitrogens with zero attached hydrogens (tertiary/aromatic N) is 1. The first-order chi connectivity index (χ1) is 11.8. The number of benzene rings is 1. The van der Waals surface area contributed by atoms with Crippen molar-refractivity contribution in [3.63, 3.8) is 0 Å². The summed E-state index contributed by atoms with van der Waals surface area (Å²) in [6.07, 6.45) is -1.33. The largest absolute Gasteiger partial charge is 0.416 e. The van der Waals surface area contributed by atoms with Gasteiger partial charge in [-0.25, -0.2) is 0 Å². The van der Waals surface area contributed by atoms with Gasteiger partial charge in [0.15, 0.2) is 0 Å². The number of hydrogen-bond donors (Lipinski definition) is 2. The van der Waals surface area contributed by atoms with Crippen molar-refractivity contribution >= 4 is 17.5 Å². The standard InChI is InChI=1S/C17H14F3N3O2/c18-17(19,20)11-2-1-3-13(9-11)23-16(25)14-8-10(6-7-21-14)15(24)22-12-4-5-12/h1-3,6-9,12H,4-5H2,(H,22,24)(H,23,25). The van der Waals surface area contributed by atoms with Crippen LogP contribution in [-0.2, 0) is 6.18 Å². The van der Waals surface area contributed by atoms with E-state index < -0.39 is 17.6 Å². The Hall–Kier alpha value is -2.90. The maximum absolute atomic E-state index is 12.7. The SMILES string of the molecule is O=C(NC1CC1)c1ccnc(C(=O)Nc2cccc(C(F)(F)F)c2)c1. The van der Waals surface area contributed by atoms with Gasteiger partial charge in [-0.3, -0.25) is 14.6 Å². The van der Waals surface area contributed by atoms with Crippen LogP contribution in [0.4, 0.5) is 18.9 Å². The average molecular weight is 349 g/mol. The minimum absolute atomic E-state index is 0.00513. The molecule has 130 valence electrons. The van der Waals surface area contributed by atoms with Gasteiger partial charge in [-0.2, -0.15) is 13.2 Å². The Bertz CT molecular complexity index is 817. The summed E-state index contributed by atoms with van der Waals surface area (Å²) in [4.78, 5) is 28.1. The third-order valence-corrected chi connectivity index (χ3v) is 3.62. The molecule has 0 aliphatic heterocycles. The molecule has 25 heavy (non-hydrogen) atoms. The lowest BCUT2D eigenvalue weighted by Gasteiger charge is -2.10. The topological polar surface area (TPSA) is 71.1 Å². The molecule has 3 rings (SSSR count). The molecule has 2 amide bonds. The Labute approximate surface area is 141 Å². The van der Waals surface area contributed by atoms with Crippen molar-refractivity contribution < 1.29 is 22.8 Å². The minimum Gasteiger partial charge on any atom is -0.349 e. The minimum atomic E-state index is -4.50. The number of halogens is 3. The molecule has 0 atom stereocenters. The van der Waals surface area contributed by atoms with E-state index in [4.69, 9.17) is 0 Å². The Morgan fingerprint density at radius 2 is 1.84 bits per heavy atom. The molecular formula is C17H14F3N3O2. The van der Waals surface area contributed by atoms with E-state index in [0.717, 1.165) is 25.0 Å². The summed E-state index contributed by atoms with van der Waals surface area (Å²) in [6, 6.07) is 7.24. The van der Waals surface area contributed by atoms with Gasteiger partial charge in [0.05, 0.1) is 5.56 Å². The van der Waals surface area contributed by atoms with Gasteiger partial charge in [0.2, 0.25) is 0 Å². The molecule has 5 nitrogen and oxygen atoms in total. The molecule has 0 radical (unpaired) electrons. The normalized spacial score (nSPS) is 14.0. The number of carbonyl (C=O) groups is 2. The molecule has 1 saturated carbocycles. The third kappa shape index (κ3) is 4.34. The molecule has 2 aromatic rings. The highest BCUT2D eigenvalue weighted by molar-refractivity contribution is 6.04. The highest BCUT2D eigenvalue weighted by atomic mass is 19.4. The van der Waals surface area contributed by atoms with E-state index in [1.54, 1.807) is 0 Å². The van der Waals surface area contributed by atoms with Crippen LogP contribution in [0.1, 0.15) is 39.3 Å². The number of hydrogen-bond acceptors (Lipinski definition) is 3. The Morgan fingerprint density at radius 1 is 1.08 bits per heavy atom. The zero-order valence-corrected chi connectivity index (χ0v) is 12.9. The first-order valence-electron chi connectivity index (χ1n) is 7.58. The maximum atomic E-state index is 12.7. The summed E-state index contributed by atoms with van der Waals surface area (Å²) < 4.78 is 38.1. The maximum Gasteiger partial charge on any atom is 0.416 e. The first kappa shape index (κ1) is 16.9. The number of alkyl halides is 3. The Kier molecular flexibility index (Phi) is 4.43. The number of amides is 2. The van der Waals surface area contributed by atoms with Crippen LogP contribution < -0.4 is 10.6 Å². The molecule has 1 aromatic carbocycles. The van der Waals surface area contributed by atoms with E-state index in [0.29, 0.717) is 0 Å². The van der Waals surface area contributed by atoms with E-state index in [-0.39, 0.29) is 28.9 Å². The van der Waals surface area contributed by atoms with Crippen molar-refractivity contribution in [2.24, 2.45) is 0 Å². The molecule has 1 heterocycles. The van der Waals surface area contributed by atoms with E-state index in [2.05, 4.69) is 15.6 Å². The second-order valence-electron chi connectivity index (χ2n) is 5.71. The summed E-state index contributed by atoms with van der Waals surface area (Å²) in [6.45, 7) is 0. The summed E-state index contributed by atoms with van der Waals surface area (Å²) >= 11 is 0. The predicted octanol–water partition coefficient (Wildman–Crippen LogP) is 3.24. The quantitative estimate of drug-likeness (QED) is 0.890. The first-order valence-corrected chi connectivity index (χ1v) is 7.58. The van der Waals surface area contributed by atoms with Crippen molar-refractivity contribution in [3.05, 3.63) is 59.4 Å². The van der Waals surface area contributed by atoms with Crippen molar-refractivity contribution in [2.75, 3.05) is 5.32 Å². The van der Waals surface area contributed by atoms with Gasteiger partial charge in [0.25, 0.3) is 11.8 Å². The van der Waals surface area contributed by atoms with Crippen LogP contribution in [0.2, 0.25) is 0 Å². The summed E-state index contributed by atoms with van der Waals surface area (Å²) in [7, 11) is 0. The molecule has 1 aliphatic carbocycles. The van der Waals surface area contributed by atoms with Gasteiger partial charge in [-0.15, -0.1) is 0 Å². The van der Waals surface area contributed by atoms with Gasteiger partial charge in [-0.05, 0) is 43.2 Å². The van der Waals surface area contributed by atoms with Crippen molar-refractivity contribution in [1.29, 1.82) is 0 Å². The van der Waals surface area contributed by atoms with Crippen LogP contribution in [0.5, 0.6) is 0 Å². The van der Waals surface area contributed by atoms with Gasteiger partial charge in [0, 0.05) is 23.5 Å². The van der Waals surface area contributed by atoms with Crippen LogP contribution in [0.15, 0.2) is 42.6 Å². The van der Waals surface area contributed by atoms with Crippen LogP contribution in [0, 0.1) is 0 Å². The fourth-order valence-corrected chi connectivity index (χ4v) is 2.16. The lowest BCUT2D eigenvalue weighted by Crippen LogP contribution is -2.26. The Morgan fingerprint density at radius 3 is 2.52 bits per heavy atom. The summed E-state index contributed by atoms with van der Waals surface area (Å²) in [5, 5.41) is 5.14. The van der Waals surface area contributed by atoms with Crippen LogP contribution in [0.25, 0.3) is 0 Å². The number of pyridine rings is 1. The lowest BCUT2D eigenvalue weighted by molar-refractivity contribution is -0.137. The highest BCUT2D eigenvalue weighted by Crippen LogP contribution is 2.30. The molecule has 8 heteroatoms. The number of nitrogens with one attached hydrogen (secondary N) is 2. The fourth-order valence-electron chi connectivity index (χ4n) is 2.16. The second-order valence-corrected chi connectivity index (χ2v) is 5.71. The molecule has 1 fully saturated rings. The molecule has 0 bridgehead atoms.